The molecule has 2 atom stereocenters. The van der Waals surface area contributed by atoms with E-state index in [1.807, 2.05) is 25.1 Å². The van der Waals surface area contributed by atoms with Crippen molar-refractivity contribution in [2.75, 3.05) is 0 Å². The fraction of sp³-hybridized carbons (Fsp3) is 0.357. The molecule has 0 fully saturated rings. The first-order valence-corrected chi connectivity index (χ1v) is 6.03. The standard InChI is InChI=1S/C14H16ClN/c1-9-8-12-6-4-5-7-13(12)16-14(9)10(2)11(3)15/h4-8,10-11H,1-3H3. The summed E-state index contributed by atoms with van der Waals surface area (Å²) in [6.07, 6.45) is 0. The Morgan fingerprint density at radius 1 is 1.19 bits per heavy atom. The van der Waals surface area contributed by atoms with Gasteiger partial charge in [-0.25, -0.2) is 0 Å². The summed E-state index contributed by atoms with van der Waals surface area (Å²) in [7, 11) is 0. The molecule has 2 aromatic rings. The first-order valence-electron chi connectivity index (χ1n) is 5.60. The molecule has 1 nitrogen and oxygen atoms in total. The van der Waals surface area contributed by atoms with Crippen LogP contribution >= 0.6 is 11.6 Å². The molecule has 0 saturated heterocycles. The lowest BCUT2D eigenvalue weighted by Gasteiger charge is -2.16. The number of para-hydroxylation sites is 1. The lowest BCUT2D eigenvalue weighted by molar-refractivity contribution is 0.714. The van der Waals surface area contributed by atoms with Crippen molar-refractivity contribution in [2.24, 2.45) is 0 Å². The van der Waals surface area contributed by atoms with Crippen LogP contribution in [0.3, 0.4) is 0 Å². The number of hydrogen-bond donors (Lipinski definition) is 0. The van der Waals surface area contributed by atoms with E-state index in [4.69, 9.17) is 16.6 Å². The molecule has 0 aliphatic rings. The number of halogens is 1. The second-order valence-corrected chi connectivity index (χ2v) is 5.04. The minimum absolute atomic E-state index is 0.104. The maximum Gasteiger partial charge on any atom is 0.0705 e. The van der Waals surface area contributed by atoms with Crippen molar-refractivity contribution < 1.29 is 0 Å². The largest absolute Gasteiger partial charge is 0.252 e. The summed E-state index contributed by atoms with van der Waals surface area (Å²) in [5, 5.41) is 1.30. The Balaban J connectivity index is 2.58. The molecule has 0 aliphatic carbocycles. The van der Waals surface area contributed by atoms with Crippen LogP contribution in [0.4, 0.5) is 0 Å². The number of nitrogens with zero attached hydrogens (tertiary/aromatic N) is 1. The fourth-order valence-corrected chi connectivity index (χ4v) is 2.03. The van der Waals surface area contributed by atoms with Crippen LogP contribution in [-0.2, 0) is 0 Å². The molecular weight excluding hydrogens is 218 g/mol. The molecule has 0 radical (unpaired) electrons. The van der Waals surface area contributed by atoms with Gasteiger partial charge in [-0.2, -0.15) is 0 Å². The maximum atomic E-state index is 6.15. The molecule has 0 saturated carbocycles. The van der Waals surface area contributed by atoms with E-state index < -0.39 is 0 Å². The number of rotatable bonds is 2. The first-order chi connectivity index (χ1) is 7.59. The summed E-state index contributed by atoms with van der Waals surface area (Å²) in [6.45, 7) is 6.24. The quantitative estimate of drug-likeness (QED) is 0.706. The van der Waals surface area contributed by atoms with E-state index >= 15 is 0 Å². The van der Waals surface area contributed by atoms with Gasteiger partial charge >= 0.3 is 0 Å². The Bertz CT molecular complexity index is 505. The van der Waals surface area contributed by atoms with Gasteiger partial charge in [-0.05, 0) is 31.5 Å². The molecule has 1 heterocycles. The van der Waals surface area contributed by atoms with Gasteiger partial charge in [0.05, 0.1) is 5.52 Å². The Hall–Kier alpha value is -1.08. The zero-order valence-corrected chi connectivity index (χ0v) is 10.6. The predicted molar refractivity (Wildman–Crippen MR) is 70.2 cm³/mol. The first kappa shape index (κ1) is 11.4. The third-order valence-corrected chi connectivity index (χ3v) is 3.45. The Morgan fingerprint density at radius 3 is 2.56 bits per heavy atom. The molecule has 0 bridgehead atoms. The Morgan fingerprint density at radius 2 is 1.88 bits per heavy atom. The van der Waals surface area contributed by atoms with Gasteiger partial charge in [0.2, 0.25) is 0 Å². The van der Waals surface area contributed by atoms with Gasteiger partial charge in [-0.1, -0.05) is 25.1 Å². The van der Waals surface area contributed by atoms with Gasteiger partial charge in [-0.15, -0.1) is 11.6 Å². The molecule has 0 aliphatic heterocycles. The van der Waals surface area contributed by atoms with Crippen molar-refractivity contribution in [3.63, 3.8) is 0 Å². The van der Waals surface area contributed by atoms with E-state index in [0.29, 0.717) is 0 Å². The summed E-state index contributed by atoms with van der Waals surface area (Å²) in [4.78, 5) is 4.71. The number of fused-ring (bicyclic) bond motifs is 1. The summed E-state index contributed by atoms with van der Waals surface area (Å²) >= 11 is 6.15. The molecule has 84 valence electrons. The van der Waals surface area contributed by atoms with Crippen molar-refractivity contribution in [3.05, 3.63) is 41.6 Å². The van der Waals surface area contributed by atoms with Gasteiger partial charge in [-0.3, -0.25) is 4.98 Å². The van der Waals surface area contributed by atoms with Gasteiger partial charge in [0.25, 0.3) is 0 Å². The Kier molecular flexibility index (Phi) is 3.15. The van der Waals surface area contributed by atoms with Crippen molar-refractivity contribution >= 4 is 22.5 Å². The zero-order chi connectivity index (χ0) is 11.7. The summed E-state index contributed by atoms with van der Waals surface area (Å²) in [5.74, 6) is 0.284. The van der Waals surface area contributed by atoms with Crippen LogP contribution in [0.25, 0.3) is 10.9 Å². The van der Waals surface area contributed by atoms with Crippen LogP contribution in [0, 0.1) is 6.92 Å². The highest BCUT2D eigenvalue weighted by atomic mass is 35.5. The average molecular weight is 234 g/mol. The van der Waals surface area contributed by atoms with Crippen molar-refractivity contribution in [2.45, 2.75) is 32.1 Å². The summed E-state index contributed by atoms with van der Waals surface area (Å²) in [5.41, 5.74) is 3.38. The normalized spacial score (nSPS) is 15.0. The molecule has 2 heteroatoms. The number of alkyl halides is 1. The molecule has 0 N–H and O–H groups in total. The molecule has 0 spiro atoms. The van der Waals surface area contributed by atoms with E-state index in [-0.39, 0.29) is 11.3 Å². The minimum Gasteiger partial charge on any atom is -0.252 e. The third kappa shape index (κ3) is 2.05. The van der Waals surface area contributed by atoms with Crippen LogP contribution in [-0.4, -0.2) is 10.4 Å². The summed E-state index contributed by atoms with van der Waals surface area (Å²) in [6, 6.07) is 10.4. The van der Waals surface area contributed by atoms with Gasteiger partial charge in [0, 0.05) is 22.4 Å². The van der Waals surface area contributed by atoms with E-state index in [9.17, 15) is 0 Å². The van der Waals surface area contributed by atoms with Gasteiger partial charge in [0.1, 0.15) is 0 Å². The molecule has 0 amide bonds. The smallest absolute Gasteiger partial charge is 0.0705 e. The van der Waals surface area contributed by atoms with Crippen LogP contribution in [0.5, 0.6) is 0 Å². The van der Waals surface area contributed by atoms with Gasteiger partial charge in [0.15, 0.2) is 0 Å². The lowest BCUT2D eigenvalue weighted by Crippen LogP contribution is -2.09. The van der Waals surface area contributed by atoms with E-state index in [0.717, 1.165) is 11.2 Å². The van der Waals surface area contributed by atoms with Crippen LogP contribution in [0.1, 0.15) is 31.0 Å². The second kappa shape index (κ2) is 4.42. The van der Waals surface area contributed by atoms with Crippen LogP contribution in [0.2, 0.25) is 0 Å². The third-order valence-electron chi connectivity index (χ3n) is 3.07. The second-order valence-electron chi connectivity index (χ2n) is 4.35. The predicted octanol–water partition coefficient (Wildman–Crippen LogP) is 4.27. The Labute approximate surface area is 101 Å². The highest BCUT2D eigenvalue weighted by Gasteiger charge is 2.16. The number of hydrogen-bond acceptors (Lipinski definition) is 1. The zero-order valence-electron chi connectivity index (χ0n) is 9.87. The van der Waals surface area contributed by atoms with E-state index in [1.54, 1.807) is 0 Å². The molecule has 2 unspecified atom stereocenters. The number of benzene rings is 1. The van der Waals surface area contributed by atoms with Crippen molar-refractivity contribution in [3.8, 4) is 0 Å². The van der Waals surface area contributed by atoms with Crippen LogP contribution < -0.4 is 0 Å². The number of pyridine rings is 1. The highest BCUT2D eigenvalue weighted by molar-refractivity contribution is 6.20. The summed E-state index contributed by atoms with van der Waals surface area (Å²) < 4.78 is 0. The highest BCUT2D eigenvalue weighted by Crippen LogP contribution is 2.26. The molecular formula is C14H16ClN. The SMILES string of the molecule is Cc1cc2ccccc2nc1C(C)C(C)Cl. The van der Waals surface area contributed by atoms with Crippen molar-refractivity contribution in [1.82, 2.24) is 4.98 Å². The number of aryl methyl sites for hydroxylation is 1. The average Bonchev–Trinajstić information content (AvgIpc) is 2.27. The van der Waals surface area contributed by atoms with Crippen LogP contribution in [0.15, 0.2) is 30.3 Å². The molecule has 1 aromatic heterocycles. The maximum absolute atomic E-state index is 6.15. The number of aromatic nitrogens is 1. The molecule has 1 aromatic carbocycles. The molecule has 16 heavy (non-hydrogen) atoms. The molecule has 2 rings (SSSR count). The lowest BCUT2D eigenvalue weighted by atomic mass is 9.98. The van der Waals surface area contributed by atoms with E-state index in [1.165, 1.54) is 10.9 Å². The fourth-order valence-electron chi connectivity index (χ4n) is 1.92. The van der Waals surface area contributed by atoms with Gasteiger partial charge < -0.3 is 0 Å². The topological polar surface area (TPSA) is 12.9 Å². The van der Waals surface area contributed by atoms with Crippen molar-refractivity contribution in [1.29, 1.82) is 0 Å². The monoisotopic (exact) mass is 233 g/mol. The van der Waals surface area contributed by atoms with E-state index in [2.05, 4.69) is 26.0 Å². The minimum atomic E-state index is 0.104.